The fourth-order valence-electron chi connectivity index (χ4n) is 3.25. The number of anilines is 1. The smallest absolute Gasteiger partial charge is 0.0471 e. The van der Waals surface area contributed by atoms with E-state index in [1.807, 2.05) is 12.1 Å². The lowest BCUT2D eigenvalue weighted by atomic mass is 9.77. The molecule has 1 aromatic rings. The van der Waals surface area contributed by atoms with Gasteiger partial charge in [-0.15, -0.1) is 0 Å². The van der Waals surface area contributed by atoms with Gasteiger partial charge in [0, 0.05) is 35.9 Å². The number of hydrogen-bond acceptors (Lipinski definition) is 2. The fourth-order valence-corrected chi connectivity index (χ4v) is 3.50. The predicted octanol–water partition coefficient (Wildman–Crippen LogP) is 4.45. The molecule has 0 radical (unpaired) electrons. The van der Waals surface area contributed by atoms with Crippen LogP contribution in [0, 0.1) is 11.3 Å². The van der Waals surface area contributed by atoms with Gasteiger partial charge in [-0.25, -0.2) is 0 Å². The van der Waals surface area contributed by atoms with E-state index in [9.17, 15) is 0 Å². The van der Waals surface area contributed by atoms with Crippen LogP contribution in [0.15, 0.2) is 18.2 Å². The van der Waals surface area contributed by atoms with Crippen molar-refractivity contribution < 1.29 is 0 Å². The quantitative estimate of drug-likeness (QED) is 0.873. The summed E-state index contributed by atoms with van der Waals surface area (Å²) in [4.78, 5) is 2.47. The predicted molar refractivity (Wildman–Crippen MR) is 88.4 cm³/mol. The maximum atomic E-state index is 6.28. The minimum absolute atomic E-state index is 0.404. The molecule has 1 heterocycles. The highest BCUT2D eigenvalue weighted by molar-refractivity contribution is 6.31. The van der Waals surface area contributed by atoms with Gasteiger partial charge in [0.05, 0.1) is 0 Å². The molecule has 1 aliphatic rings. The molecule has 1 unspecified atom stereocenters. The Hall–Kier alpha value is -0.730. The number of nitrogens with zero attached hydrogens (tertiary/aromatic N) is 1. The normalized spacial score (nSPS) is 20.9. The first-order chi connectivity index (χ1) is 9.43. The summed E-state index contributed by atoms with van der Waals surface area (Å²) in [5.74, 6) is 0.799. The minimum atomic E-state index is 0.404. The van der Waals surface area contributed by atoms with Crippen LogP contribution < -0.4 is 10.6 Å². The van der Waals surface area contributed by atoms with E-state index >= 15 is 0 Å². The van der Waals surface area contributed by atoms with Gasteiger partial charge in [-0.3, -0.25) is 0 Å². The molecular weight excluding hydrogens is 268 g/mol. The van der Waals surface area contributed by atoms with Gasteiger partial charge in [-0.2, -0.15) is 0 Å². The van der Waals surface area contributed by atoms with E-state index < -0.39 is 0 Å². The number of hydrogen-bond donors (Lipinski definition) is 1. The highest BCUT2D eigenvalue weighted by Gasteiger charge is 2.27. The average Bonchev–Trinajstić information content (AvgIpc) is 2.63. The van der Waals surface area contributed by atoms with Crippen LogP contribution in [0.1, 0.15) is 45.6 Å². The number of halogens is 1. The van der Waals surface area contributed by atoms with E-state index in [2.05, 4.69) is 31.7 Å². The van der Waals surface area contributed by atoms with Gasteiger partial charge in [-0.1, -0.05) is 38.4 Å². The lowest BCUT2D eigenvalue weighted by Gasteiger charge is -2.30. The molecular formula is C17H27ClN2. The molecule has 20 heavy (non-hydrogen) atoms. The molecule has 2 N–H and O–H groups in total. The van der Waals surface area contributed by atoms with Crippen molar-refractivity contribution in [2.45, 2.75) is 46.6 Å². The lowest BCUT2D eigenvalue weighted by Crippen LogP contribution is -2.27. The van der Waals surface area contributed by atoms with Crippen LogP contribution >= 0.6 is 11.6 Å². The average molecular weight is 295 g/mol. The maximum Gasteiger partial charge on any atom is 0.0471 e. The summed E-state index contributed by atoms with van der Waals surface area (Å²) in [6, 6.07) is 6.12. The second-order valence-corrected chi connectivity index (χ2v) is 7.33. The second-order valence-electron chi connectivity index (χ2n) is 6.92. The van der Waals surface area contributed by atoms with Crippen molar-refractivity contribution in [3.05, 3.63) is 28.8 Å². The van der Waals surface area contributed by atoms with E-state index in [1.54, 1.807) is 0 Å². The van der Waals surface area contributed by atoms with Crippen molar-refractivity contribution in [3.63, 3.8) is 0 Å². The standard InChI is InChI=1S/C17H27ClN2/c1-17(2,3)13-6-5-10-20(11-9-13)16-8-4-7-15(18)14(16)12-19/h4,7-8,13H,5-6,9-12,19H2,1-3H3. The van der Waals surface area contributed by atoms with Crippen molar-refractivity contribution >= 4 is 17.3 Å². The number of nitrogens with two attached hydrogens (primary N) is 1. The first-order valence-electron chi connectivity index (χ1n) is 7.66. The molecule has 2 rings (SSSR count). The summed E-state index contributed by atoms with van der Waals surface area (Å²) < 4.78 is 0. The first kappa shape index (κ1) is 15.7. The third-order valence-corrected chi connectivity index (χ3v) is 4.95. The van der Waals surface area contributed by atoms with Crippen LogP contribution in [0.25, 0.3) is 0 Å². The zero-order chi connectivity index (χ0) is 14.8. The molecule has 0 aliphatic carbocycles. The molecule has 1 saturated heterocycles. The molecule has 0 amide bonds. The van der Waals surface area contributed by atoms with Gasteiger partial charge in [0.25, 0.3) is 0 Å². The molecule has 0 spiro atoms. The highest BCUT2D eigenvalue weighted by atomic mass is 35.5. The summed E-state index contributed by atoms with van der Waals surface area (Å²) in [6.45, 7) is 9.80. The Balaban J connectivity index is 2.17. The number of benzene rings is 1. The van der Waals surface area contributed by atoms with Crippen molar-refractivity contribution in [2.24, 2.45) is 17.1 Å². The summed E-state index contributed by atoms with van der Waals surface area (Å²) >= 11 is 6.28. The Morgan fingerprint density at radius 3 is 2.65 bits per heavy atom. The first-order valence-corrected chi connectivity index (χ1v) is 8.03. The van der Waals surface area contributed by atoms with Gasteiger partial charge in [0.15, 0.2) is 0 Å². The molecule has 0 saturated carbocycles. The Labute approximate surface area is 128 Å². The van der Waals surface area contributed by atoms with Gasteiger partial charge < -0.3 is 10.6 Å². The van der Waals surface area contributed by atoms with Crippen LogP contribution in [0.4, 0.5) is 5.69 Å². The van der Waals surface area contributed by atoms with E-state index in [4.69, 9.17) is 17.3 Å². The molecule has 1 aliphatic heterocycles. The van der Waals surface area contributed by atoms with E-state index in [1.165, 1.54) is 24.9 Å². The highest BCUT2D eigenvalue weighted by Crippen LogP contribution is 2.36. The van der Waals surface area contributed by atoms with Crippen LogP contribution in [0.2, 0.25) is 5.02 Å². The van der Waals surface area contributed by atoms with Crippen LogP contribution in [-0.2, 0) is 6.54 Å². The van der Waals surface area contributed by atoms with Crippen molar-refractivity contribution in [1.29, 1.82) is 0 Å². The van der Waals surface area contributed by atoms with Crippen LogP contribution in [-0.4, -0.2) is 13.1 Å². The van der Waals surface area contributed by atoms with Gasteiger partial charge in [-0.05, 0) is 42.7 Å². The topological polar surface area (TPSA) is 29.3 Å². The molecule has 112 valence electrons. The summed E-state index contributed by atoms with van der Waals surface area (Å²) in [7, 11) is 0. The van der Waals surface area contributed by atoms with E-state index in [-0.39, 0.29) is 0 Å². The SMILES string of the molecule is CC(C)(C)C1CCCN(c2cccc(Cl)c2CN)CC1. The summed E-state index contributed by atoms with van der Waals surface area (Å²) in [5.41, 5.74) is 8.60. The molecule has 2 nitrogen and oxygen atoms in total. The monoisotopic (exact) mass is 294 g/mol. The molecule has 1 aromatic carbocycles. The Bertz CT molecular complexity index is 451. The zero-order valence-corrected chi connectivity index (χ0v) is 13.7. The molecule has 0 aromatic heterocycles. The lowest BCUT2D eigenvalue weighted by molar-refractivity contribution is 0.220. The third kappa shape index (κ3) is 3.48. The maximum absolute atomic E-state index is 6.28. The van der Waals surface area contributed by atoms with Crippen molar-refractivity contribution in [3.8, 4) is 0 Å². The van der Waals surface area contributed by atoms with Crippen molar-refractivity contribution in [2.75, 3.05) is 18.0 Å². The van der Waals surface area contributed by atoms with Gasteiger partial charge in [0.1, 0.15) is 0 Å². The van der Waals surface area contributed by atoms with Crippen LogP contribution in [0.3, 0.4) is 0 Å². The molecule has 3 heteroatoms. The van der Waals surface area contributed by atoms with Crippen LogP contribution in [0.5, 0.6) is 0 Å². The summed E-state index contributed by atoms with van der Waals surface area (Å²) in [5, 5.41) is 0.793. The number of rotatable bonds is 2. The molecule has 0 bridgehead atoms. The van der Waals surface area contributed by atoms with E-state index in [0.717, 1.165) is 29.6 Å². The Morgan fingerprint density at radius 1 is 1.25 bits per heavy atom. The Morgan fingerprint density at radius 2 is 2.00 bits per heavy atom. The molecule has 1 fully saturated rings. The Kier molecular flexibility index (Phi) is 4.98. The van der Waals surface area contributed by atoms with Gasteiger partial charge >= 0.3 is 0 Å². The molecule has 1 atom stereocenters. The summed E-state index contributed by atoms with van der Waals surface area (Å²) in [6.07, 6.45) is 3.82. The second kappa shape index (κ2) is 6.36. The zero-order valence-electron chi connectivity index (χ0n) is 13.0. The third-order valence-electron chi connectivity index (χ3n) is 4.59. The largest absolute Gasteiger partial charge is 0.371 e. The van der Waals surface area contributed by atoms with Gasteiger partial charge in [0.2, 0.25) is 0 Å². The fraction of sp³-hybridized carbons (Fsp3) is 0.647. The minimum Gasteiger partial charge on any atom is -0.371 e. The van der Waals surface area contributed by atoms with Crippen molar-refractivity contribution in [1.82, 2.24) is 0 Å². The van der Waals surface area contributed by atoms with E-state index in [0.29, 0.717) is 12.0 Å².